The van der Waals surface area contributed by atoms with Crippen LogP contribution in [0.1, 0.15) is 31.2 Å². The number of nitrogens with one attached hydrogen (secondary N) is 1. The second-order valence-corrected chi connectivity index (χ2v) is 7.64. The van der Waals surface area contributed by atoms with Gasteiger partial charge in [-0.15, -0.1) is 0 Å². The minimum atomic E-state index is -0.372. The highest BCUT2D eigenvalue weighted by Gasteiger charge is 2.40. The Morgan fingerprint density at radius 3 is 2.69 bits per heavy atom. The molecule has 2 amide bonds. The summed E-state index contributed by atoms with van der Waals surface area (Å²) in [6.07, 6.45) is 3.37. The van der Waals surface area contributed by atoms with E-state index in [1.165, 1.54) is 12.8 Å². The van der Waals surface area contributed by atoms with Gasteiger partial charge in [0.05, 0.1) is 13.7 Å². The molecule has 1 aromatic carbocycles. The minimum Gasteiger partial charge on any atom is -0.496 e. The van der Waals surface area contributed by atoms with Crippen molar-refractivity contribution in [3.63, 3.8) is 0 Å². The number of nitrogens with zero attached hydrogens (tertiary/aromatic N) is 2. The van der Waals surface area contributed by atoms with Gasteiger partial charge in [-0.2, -0.15) is 0 Å². The maximum atomic E-state index is 12.9. The molecule has 0 spiro atoms. The minimum absolute atomic E-state index is 0.00416. The smallest absolute Gasteiger partial charge is 0.243 e. The topological polar surface area (TPSA) is 61.9 Å². The van der Waals surface area contributed by atoms with E-state index in [0.717, 1.165) is 30.9 Å². The highest BCUT2D eigenvalue weighted by Crippen LogP contribution is 2.29. The quantitative estimate of drug-likeness (QED) is 0.865. The van der Waals surface area contributed by atoms with Crippen LogP contribution >= 0.6 is 0 Å². The van der Waals surface area contributed by atoms with Gasteiger partial charge in [0.2, 0.25) is 11.8 Å². The van der Waals surface area contributed by atoms with Crippen LogP contribution in [-0.2, 0) is 16.1 Å². The second-order valence-electron chi connectivity index (χ2n) is 7.64. The van der Waals surface area contributed by atoms with E-state index in [9.17, 15) is 9.59 Å². The van der Waals surface area contributed by atoms with E-state index in [4.69, 9.17) is 4.74 Å². The molecule has 2 atom stereocenters. The fourth-order valence-electron chi connectivity index (χ4n) is 4.63. The second kappa shape index (κ2) is 7.27. The first-order chi connectivity index (χ1) is 12.7. The molecule has 0 radical (unpaired) electrons. The number of piperidine rings is 3. The summed E-state index contributed by atoms with van der Waals surface area (Å²) in [7, 11) is 1.63. The van der Waals surface area contributed by atoms with Crippen molar-refractivity contribution in [3.05, 3.63) is 29.8 Å². The van der Waals surface area contributed by atoms with Gasteiger partial charge in [0.25, 0.3) is 0 Å². The number of amides is 2. The molecule has 4 fully saturated rings. The molecule has 6 heteroatoms. The summed E-state index contributed by atoms with van der Waals surface area (Å²) in [6, 6.07) is 7.54. The molecule has 0 aliphatic carbocycles. The van der Waals surface area contributed by atoms with Crippen LogP contribution in [0, 0.1) is 5.92 Å². The zero-order chi connectivity index (χ0) is 18.1. The highest BCUT2D eigenvalue weighted by molar-refractivity contribution is 5.91. The maximum Gasteiger partial charge on any atom is 0.243 e. The van der Waals surface area contributed by atoms with Crippen molar-refractivity contribution < 1.29 is 14.3 Å². The molecule has 0 aromatic heterocycles. The molecule has 4 aliphatic heterocycles. The molecule has 140 valence electrons. The third-order valence-corrected chi connectivity index (χ3v) is 6.15. The van der Waals surface area contributed by atoms with E-state index in [2.05, 4.69) is 10.2 Å². The molecule has 4 heterocycles. The molecule has 0 saturated carbocycles. The summed E-state index contributed by atoms with van der Waals surface area (Å²) in [4.78, 5) is 29.5. The van der Waals surface area contributed by atoms with Crippen LogP contribution in [0.5, 0.6) is 5.75 Å². The lowest BCUT2D eigenvalue weighted by atomic mass is 9.84. The molecule has 6 nitrogen and oxygen atoms in total. The number of rotatable bonds is 5. The first-order valence-corrected chi connectivity index (χ1v) is 9.60. The lowest BCUT2D eigenvalue weighted by Crippen LogP contribution is -2.59. The van der Waals surface area contributed by atoms with Gasteiger partial charge < -0.3 is 19.9 Å². The van der Waals surface area contributed by atoms with Gasteiger partial charge in [0.15, 0.2) is 0 Å². The van der Waals surface area contributed by atoms with Gasteiger partial charge in [-0.05, 0) is 44.3 Å². The number of carbonyl (C=O) groups is 2. The molecule has 5 rings (SSSR count). The first-order valence-electron chi connectivity index (χ1n) is 9.60. The van der Waals surface area contributed by atoms with Crippen LogP contribution in [0.2, 0.25) is 0 Å². The summed E-state index contributed by atoms with van der Waals surface area (Å²) in [5, 5.41) is 3.25. The fraction of sp³-hybridized carbons (Fsp3) is 0.600. The van der Waals surface area contributed by atoms with Crippen molar-refractivity contribution in [2.24, 2.45) is 5.92 Å². The number of fused-ring (bicyclic) bond motifs is 3. The predicted molar refractivity (Wildman–Crippen MR) is 97.7 cm³/mol. The molecule has 2 bridgehead atoms. The number of ether oxygens (including phenoxy) is 1. The highest BCUT2D eigenvalue weighted by atomic mass is 16.5. The first kappa shape index (κ1) is 17.3. The predicted octanol–water partition coefficient (Wildman–Crippen LogP) is 1.40. The molecular weight excluding hydrogens is 330 g/mol. The van der Waals surface area contributed by atoms with Gasteiger partial charge in [0.1, 0.15) is 11.8 Å². The summed E-state index contributed by atoms with van der Waals surface area (Å²) < 4.78 is 5.40. The normalized spacial score (nSPS) is 30.5. The zero-order valence-electron chi connectivity index (χ0n) is 15.3. The van der Waals surface area contributed by atoms with Crippen LogP contribution in [0.15, 0.2) is 24.3 Å². The number of para-hydroxylation sites is 1. The fourth-order valence-corrected chi connectivity index (χ4v) is 4.63. The lowest BCUT2D eigenvalue weighted by Gasteiger charge is -2.45. The Kier molecular flexibility index (Phi) is 4.85. The number of carbonyl (C=O) groups excluding carboxylic acids is 2. The summed E-state index contributed by atoms with van der Waals surface area (Å²) in [5.74, 6) is 1.39. The SMILES string of the molecule is COc1ccccc1CN1C(=O)CCC1C(=O)NC1CN2CCC1CC2. The van der Waals surface area contributed by atoms with Gasteiger partial charge in [-0.1, -0.05) is 18.2 Å². The lowest BCUT2D eigenvalue weighted by molar-refractivity contribution is -0.136. The molecule has 4 saturated heterocycles. The third kappa shape index (κ3) is 3.30. The zero-order valence-corrected chi connectivity index (χ0v) is 15.3. The summed E-state index contributed by atoms with van der Waals surface area (Å²) in [6.45, 7) is 3.67. The van der Waals surface area contributed by atoms with E-state index in [-0.39, 0.29) is 23.9 Å². The Morgan fingerprint density at radius 1 is 1.23 bits per heavy atom. The van der Waals surface area contributed by atoms with Gasteiger partial charge in [-0.3, -0.25) is 9.59 Å². The molecule has 1 N–H and O–H groups in total. The number of hydrogen-bond donors (Lipinski definition) is 1. The molecule has 4 aliphatic rings. The standard InChI is InChI=1S/C20H27N3O3/c1-26-18-5-3-2-4-15(18)12-23-17(6-7-19(23)24)20(25)21-16-13-22-10-8-14(16)9-11-22/h2-5,14,16-17H,6-13H2,1H3,(H,21,25). The van der Waals surface area contributed by atoms with Crippen molar-refractivity contribution in [2.75, 3.05) is 26.7 Å². The van der Waals surface area contributed by atoms with E-state index in [0.29, 0.717) is 25.3 Å². The van der Waals surface area contributed by atoms with E-state index >= 15 is 0 Å². The van der Waals surface area contributed by atoms with Crippen LogP contribution in [0.4, 0.5) is 0 Å². The van der Waals surface area contributed by atoms with Crippen LogP contribution < -0.4 is 10.1 Å². The Morgan fingerprint density at radius 2 is 2.00 bits per heavy atom. The maximum absolute atomic E-state index is 12.9. The van der Waals surface area contributed by atoms with Crippen LogP contribution in [-0.4, -0.2) is 60.4 Å². The van der Waals surface area contributed by atoms with E-state index < -0.39 is 0 Å². The van der Waals surface area contributed by atoms with E-state index in [1.807, 2.05) is 24.3 Å². The Balaban J connectivity index is 1.44. The Hall–Kier alpha value is -2.08. The number of methoxy groups -OCH3 is 1. The van der Waals surface area contributed by atoms with Gasteiger partial charge >= 0.3 is 0 Å². The number of benzene rings is 1. The average Bonchev–Trinajstić information content (AvgIpc) is 3.04. The van der Waals surface area contributed by atoms with Crippen molar-refractivity contribution >= 4 is 11.8 Å². The summed E-state index contributed by atoms with van der Waals surface area (Å²) in [5.41, 5.74) is 0.936. The van der Waals surface area contributed by atoms with Crippen molar-refractivity contribution in [2.45, 2.75) is 44.3 Å². The van der Waals surface area contributed by atoms with Crippen LogP contribution in [0.3, 0.4) is 0 Å². The molecule has 1 aromatic rings. The summed E-state index contributed by atoms with van der Waals surface area (Å²) >= 11 is 0. The molecule has 2 unspecified atom stereocenters. The average molecular weight is 357 g/mol. The number of likely N-dealkylation sites (tertiary alicyclic amines) is 1. The third-order valence-electron chi connectivity index (χ3n) is 6.15. The van der Waals surface area contributed by atoms with Crippen molar-refractivity contribution in [3.8, 4) is 5.75 Å². The van der Waals surface area contributed by atoms with E-state index in [1.54, 1.807) is 12.0 Å². The Labute approximate surface area is 154 Å². The van der Waals surface area contributed by atoms with Crippen molar-refractivity contribution in [1.82, 2.24) is 15.1 Å². The van der Waals surface area contributed by atoms with Crippen LogP contribution in [0.25, 0.3) is 0 Å². The van der Waals surface area contributed by atoms with Crippen molar-refractivity contribution in [1.29, 1.82) is 0 Å². The van der Waals surface area contributed by atoms with Gasteiger partial charge in [-0.25, -0.2) is 0 Å². The monoisotopic (exact) mass is 357 g/mol. The Bertz CT molecular complexity index is 685. The molecule has 26 heavy (non-hydrogen) atoms. The molecular formula is C20H27N3O3. The number of hydrogen-bond acceptors (Lipinski definition) is 4. The van der Waals surface area contributed by atoms with Gasteiger partial charge in [0, 0.05) is 24.6 Å². The largest absolute Gasteiger partial charge is 0.496 e.